The van der Waals surface area contributed by atoms with Crippen LogP contribution in [0, 0.1) is 0 Å². The topological polar surface area (TPSA) is 55.7 Å². The lowest BCUT2D eigenvalue weighted by Gasteiger charge is -2.35. The smallest absolute Gasteiger partial charge is 0.253 e. The van der Waals surface area contributed by atoms with Crippen molar-refractivity contribution in [1.29, 1.82) is 0 Å². The van der Waals surface area contributed by atoms with E-state index in [1.165, 1.54) is 16.5 Å². The van der Waals surface area contributed by atoms with E-state index in [9.17, 15) is 4.79 Å². The summed E-state index contributed by atoms with van der Waals surface area (Å²) in [5, 5.41) is 4.50. The van der Waals surface area contributed by atoms with Crippen LogP contribution in [0.1, 0.15) is 38.7 Å². The fourth-order valence-electron chi connectivity index (χ4n) is 4.22. The number of hydrogen-bond acceptors (Lipinski definition) is 4. The first-order valence-corrected chi connectivity index (χ1v) is 10.9. The molecule has 6 nitrogen and oxygen atoms in total. The molecule has 6 heteroatoms. The van der Waals surface area contributed by atoms with Crippen LogP contribution in [0.5, 0.6) is 0 Å². The minimum absolute atomic E-state index is 0.0992. The Balaban J connectivity index is 1.88. The van der Waals surface area contributed by atoms with Crippen LogP contribution in [-0.4, -0.2) is 60.9 Å². The highest BCUT2D eigenvalue weighted by molar-refractivity contribution is 5.86. The number of morpholine rings is 1. The van der Waals surface area contributed by atoms with Gasteiger partial charge in [-0.1, -0.05) is 32.0 Å². The van der Waals surface area contributed by atoms with Crippen molar-refractivity contribution in [3.63, 3.8) is 0 Å². The summed E-state index contributed by atoms with van der Waals surface area (Å²) in [6.07, 6.45) is 4.66. The quantitative estimate of drug-likeness (QED) is 0.621. The zero-order chi connectivity index (χ0) is 20.6. The zero-order valence-corrected chi connectivity index (χ0v) is 18.0. The van der Waals surface area contributed by atoms with Crippen LogP contribution in [0.15, 0.2) is 30.5 Å². The number of benzene rings is 1. The molecule has 160 valence electrons. The second-order valence-electron chi connectivity index (χ2n) is 7.71. The number of aryl methyl sites for hydroxylation is 1. The van der Waals surface area contributed by atoms with Crippen LogP contribution in [0.25, 0.3) is 10.9 Å². The molecule has 1 aliphatic heterocycles. The molecule has 1 atom stereocenters. The van der Waals surface area contributed by atoms with Crippen LogP contribution in [0.3, 0.4) is 0 Å². The maximum atomic E-state index is 13.4. The van der Waals surface area contributed by atoms with Gasteiger partial charge in [0.25, 0.3) is 5.91 Å². The summed E-state index contributed by atoms with van der Waals surface area (Å²) < 4.78 is 13.3. The van der Waals surface area contributed by atoms with Gasteiger partial charge in [0.05, 0.1) is 6.61 Å². The normalized spacial score (nSPS) is 17.2. The molecule has 2 aromatic rings. The van der Waals surface area contributed by atoms with Gasteiger partial charge in [-0.15, -0.1) is 0 Å². The molecule has 2 heterocycles. The lowest BCUT2D eigenvalue weighted by Crippen LogP contribution is -2.51. The van der Waals surface area contributed by atoms with E-state index in [1.54, 1.807) is 7.11 Å². The minimum Gasteiger partial charge on any atom is -0.385 e. The van der Waals surface area contributed by atoms with E-state index in [-0.39, 0.29) is 18.1 Å². The monoisotopic (exact) mass is 401 g/mol. The highest BCUT2D eigenvalue weighted by Crippen LogP contribution is 2.25. The number of carbonyl (C=O) groups is 1. The molecule has 0 saturated carbocycles. The van der Waals surface area contributed by atoms with Crippen LogP contribution in [-0.2, 0) is 27.4 Å². The fraction of sp³-hybridized carbons (Fsp3) is 0.609. The van der Waals surface area contributed by atoms with Gasteiger partial charge in [-0.2, -0.15) is 0 Å². The molecule has 1 N–H and O–H groups in total. The number of rotatable bonds is 10. The summed E-state index contributed by atoms with van der Waals surface area (Å²) in [7, 11) is 1.74. The summed E-state index contributed by atoms with van der Waals surface area (Å²) in [6, 6.07) is 8.67. The van der Waals surface area contributed by atoms with Crippen LogP contribution >= 0.6 is 0 Å². The van der Waals surface area contributed by atoms with Gasteiger partial charge in [0, 0.05) is 63.0 Å². The first kappa shape index (κ1) is 21.8. The number of para-hydroxylation sites is 1. The van der Waals surface area contributed by atoms with Gasteiger partial charge in [0.1, 0.15) is 6.10 Å². The number of methoxy groups -OCH3 is 1. The molecule has 0 unspecified atom stereocenters. The second-order valence-corrected chi connectivity index (χ2v) is 7.71. The molecule has 29 heavy (non-hydrogen) atoms. The molecule has 1 amide bonds. The van der Waals surface area contributed by atoms with Crippen molar-refractivity contribution in [1.82, 2.24) is 14.8 Å². The van der Waals surface area contributed by atoms with Crippen molar-refractivity contribution < 1.29 is 14.3 Å². The van der Waals surface area contributed by atoms with Gasteiger partial charge in [0.15, 0.2) is 0 Å². The third kappa shape index (κ3) is 5.18. The molecule has 0 radical (unpaired) electrons. The third-order valence-electron chi connectivity index (χ3n) is 5.83. The second kappa shape index (κ2) is 10.8. The first-order chi connectivity index (χ1) is 14.2. The zero-order valence-electron chi connectivity index (χ0n) is 18.0. The average Bonchev–Trinajstić information content (AvgIpc) is 3.12. The Bertz CT molecular complexity index is 779. The predicted octanol–water partition coefficient (Wildman–Crippen LogP) is 3.18. The number of ether oxygens (including phenoxy) is 2. The molecule has 1 saturated heterocycles. The van der Waals surface area contributed by atoms with E-state index in [1.807, 2.05) is 4.90 Å². The number of amides is 1. The van der Waals surface area contributed by atoms with Crippen LogP contribution in [0.4, 0.5) is 0 Å². The largest absolute Gasteiger partial charge is 0.385 e. The Kier molecular flexibility index (Phi) is 8.09. The Morgan fingerprint density at radius 3 is 2.83 bits per heavy atom. The van der Waals surface area contributed by atoms with E-state index in [4.69, 9.17) is 9.47 Å². The maximum absolute atomic E-state index is 13.4. The molecular formula is C23H35N3O3. The lowest BCUT2D eigenvalue weighted by atomic mass is 10.1. The van der Waals surface area contributed by atoms with E-state index in [0.29, 0.717) is 19.7 Å². The fourth-order valence-corrected chi connectivity index (χ4v) is 4.22. The van der Waals surface area contributed by atoms with Gasteiger partial charge in [-0.05, 0) is 30.9 Å². The van der Waals surface area contributed by atoms with Gasteiger partial charge in [0.2, 0.25) is 0 Å². The molecule has 1 fully saturated rings. The summed E-state index contributed by atoms with van der Waals surface area (Å²) in [4.78, 5) is 15.4. The summed E-state index contributed by atoms with van der Waals surface area (Å²) in [6.45, 7) is 8.56. The van der Waals surface area contributed by atoms with Crippen molar-refractivity contribution in [2.75, 3.05) is 33.4 Å². The van der Waals surface area contributed by atoms with E-state index < -0.39 is 0 Å². The number of fused-ring (bicyclic) bond motifs is 1. The third-order valence-corrected chi connectivity index (χ3v) is 5.83. The number of nitrogens with zero attached hydrogens (tertiary/aromatic N) is 2. The highest BCUT2D eigenvalue weighted by Gasteiger charge is 2.31. The van der Waals surface area contributed by atoms with Crippen LogP contribution in [0.2, 0.25) is 0 Å². The highest BCUT2D eigenvalue weighted by atomic mass is 16.5. The molecule has 3 rings (SSSR count). The van der Waals surface area contributed by atoms with Crippen LogP contribution < -0.4 is 5.32 Å². The van der Waals surface area contributed by atoms with E-state index in [2.05, 4.69) is 54.2 Å². The van der Waals surface area contributed by atoms with E-state index in [0.717, 1.165) is 39.0 Å². The van der Waals surface area contributed by atoms with Gasteiger partial charge in [-0.25, -0.2) is 0 Å². The Hall–Kier alpha value is -1.89. The minimum atomic E-state index is -0.389. The predicted molar refractivity (Wildman–Crippen MR) is 116 cm³/mol. The Morgan fingerprint density at radius 1 is 1.34 bits per heavy atom. The summed E-state index contributed by atoms with van der Waals surface area (Å²) in [5.41, 5.74) is 2.41. The van der Waals surface area contributed by atoms with Gasteiger partial charge in [-0.3, -0.25) is 4.79 Å². The molecular weight excluding hydrogens is 366 g/mol. The van der Waals surface area contributed by atoms with Crippen molar-refractivity contribution in [3.8, 4) is 0 Å². The molecule has 0 spiro atoms. The number of carbonyl (C=O) groups excluding carboxylic acids is 1. The molecule has 1 aromatic heterocycles. The number of hydrogen-bond donors (Lipinski definition) is 1. The van der Waals surface area contributed by atoms with Crippen molar-refractivity contribution in [2.24, 2.45) is 0 Å². The van der Waals surface area contributed by atoms with Gasteiger partial charge < -0.3 is 24.3 Å². The SMILES string of the molecule is CCC(CC)N(Cc1cn(CCCOC)c2ccccc12)C(=O)[C@H]1CNCCO1. The maximum Gasteiger partial charge on any atom is 0.253 e. The molecule has 1 aromatic carbocycles. The summed E-state index contributed by atoms with van der Waals surface area (Å²) in [5.74, 6) is 0.0992. The Labute approximate surface area is 174 Å². The standard InChI is InChI=1S/C23H35N3O3/c1-4-19(5-2)26(23(27)22-15-24-11-14-29-22)17-18-16-25(12-8-13-28-3)21-10-7-6-9-20(18)21/h6-7,9-10,16,19,22,24H,4-5,8,11-15,17H2,1-3H3/t22-/m1/s1. The number of nitrogens with one attached hydrogen (secondary N) is 1. The van der Waals surface area contributed by atoms with E-state index >= 15 is 0 Å². The lowest BCUT2D eigenvalue weighted by molar-refractivity contribution is -0.148. The van der Waals surface area contributed by atoms with Crippen molar-refractivity contribution >= 4 is 16.8 Å². The van der Waals surface area contributed by atoms with Crippen molar-refractivity contribution in [2.45, 2.75) is 58.3 Å². The molecule has 0 aliphatic carbocycles. The molecule has 0 bridgehead atoms. The van der Waals surface area contributed by atoms with Gasteiger partial charge >= 0.3 is 0 Å². The van der Waals surface area contributed by atoms with Crippen molar-refractivity contribution in [3.05, 3.63) is 36.0 Å². The first-order valence-electron chi connectivity index (χ1n) is 10.9. The average molecular weight is 402 g/mol. The summed E-state index contributed by atoms with van der Waals surface area (Å²) >= 11 is 0. The molecule has 1 aliphatic rings. The number of aromatic nitrogens is 1. The Morgan fingerprint density at radius 2 is 2.14 bits per heavy atom.